The largest absolute Gasteiger partial charge is 0.394 e. The fourth-order valence-electron chi connectivity index (χ4n) is 1.83. The van der Waals surface area contributed by atoms with Crippen LogP contribution in [0.5, 0.6) is 0 Å². The zero-order valence-corrected chi connectivity index (χ0v) is 11.6. The van der Waals surface area contributed by atoms with E-state index in [0.717, 1.165) is 5.69 Å². The van der Waals surface area contributed by atoms with E-state index in [1.54, 1.807) is 35.7 Å². The second-order valence-corrected chi connectivity index (χ2v) is 4.48. The van der Waals surface area contributed by atoms with E-state index in [2.05, 4.69) is 10.2 Å². The van der Waals surface area contributed by atoms with Crippen LogP contribution in [0.2, 0.25) is 0 Å². The topological polar surface area (TPSA) is 82.0 Å². The summed E-state index contributed by atoms with van der Waals surface area (Å²) in [5.41, 5.74) is 7.73. The molecule has 0 spiro atoms. The van der Waals surface area contributed by atoms with E-state index in [-0.39, 0.29) is 5.91 Å². The maximum Gasteiger partial charge on any atom is 0.273 e. The quantitative estimate of drug-likeness (QED) is 0.882. The summed E-state index contributed by atoms with van der Waals surface area (Å²) < 4.78 is 3.36. The third-order valence-electron chi connectivity index (χ3n) is 2.88. The van der Waals surface area contributed by atoms with Gasteiger partial charge in [-0.2, -0.15) is 10.2 Å². The Kier molecular flexibility index (Phi) is 3.28. The number of amides is 1. The van der Waals surface area contributed by atoms with E-state index < -0.39 is 0 Å². The molecule has 2 heterocycles. The van der Waals surface area contributed by atoms with Gasteiger partial charge >= 0.3 is 0 Å². The molecule has 2 aromatic heterocycles. The average molecular weight is 262 g/mol. The number of aromatic nitrogens is 4. The molecule has 2 rings (SSSR count). The van der Waals surface area contributed by atoms with Crippen molar-refractivity contribution in [2.75, 3.05) is 19.8 Å². The van der Waals surface area contributed by atoms with Crippen molar-refractivity contribution < 1.29 is 4.79 Å². The number of nitrogen functional groups attached to an aromatic ring is 1. The summed E-state index contributed by atoms with van der Waals surface area (Å²) in [7, 11) is 3.38. The van der Waals surface area contributed by atoms with Crippen molar-refractivity contribution in [2.24, 2.45) is 0 Å². The average Bonchev–Trinajstić information content (AvgIpc) is 2.94. The van der Waals surface area contributed by atoms with Crippen LogP contribution < -0.4 is 5.73 Å². The summed E-state index contributed by atoms with van der Waals surface area (Å²) in [6.07, 6.45) is 1.72. The molecule has 19 heavy (non-hydrogen) atoms. The summed E-state index contributed by atoms with van der Waals surface area (Å²) in [4.78, 5) is 13.3. The van der Waals surface area contributed by atoms with Crippen molar-refractivity contribution in [3.8, 4) is 5.82 Å². The number of nitrogens with two attached hydrogens (primary N) is 1. The predicted octanol–water partition coefficient (Wildman–Crippen LogP) is 0.681. The molecular formula is C12H18N6O. The van der Waals surface area contributed by atoms with Gasteiger partial charge in [0.2, 0.25) is 0 Å². The molecule has 0 atom stereocenters. The number of aryl methyl sites for hydroxylation is 2. The van der Waals surface area contributed by atoms with E-state index in [4.69, 9.17) is 5.73 Å². The fraction of sp³-hybridized carbons (Fsp3) is 0.417. The second-order valence-electron chi connectivity index (χ2n) is 4.48. The lowest BCUT2D eigenvalue weighted by Gasteiger charge is -2.08. The minimum atomic E-state index is -0.142. The number of nitrogens with zero attached hydrogens (tertiary/aromatic N) is 5. The van der Waals surface area contributed by atoms with Crippen LogP contribution >= 0.6 is 0 Å². The number of hydrogen-bond donors (Lipinski definition) is 1. The molecule has 0 aromatic carbocycles. The highest BCUT2D eigenvalue weighted by molar-refractivity contribution is 5.91. The molecule has 102 valence electrons. The Bertz CT molecular complexity index is 610. The minimum absolute atomic E-state index is 0.142. The Morgan fingerprint density at radius 2 is 2.11 bits per heavy atom. The molecule has 0 radical (unpaired) electrons. The molecule has 0 aliphatic rings. The van der Waals surface area contributed by atoms with Crippen molar-refractivity contribution in [1.82, 2.24) is 24.5 Å². The van der Waals surface area contributed by atoms with Crippen LogP contribution in [-0.2, 0) is 6.54 Å². The van der Waals surface area contributed by atoms with Crippen molar-refractivity contribution >= 4 is 11.6 Å². The van der Waals surface area contributed by atoms with Gasteiger partial charge in [0.05, 0.1) is 11.4 Å². The van der Waals surface area contributed by atoms with Crippen molar-refractivity contribution in [2.45, 2.75) is 20.4 Å². The first-order chi connectivity index (χ1) is 8.95. The molecule has 2 aromatic rings. The SMILES string of the molecule is CCn1nc(C)c(N)c1-n1ccc(C(=O)N(C)C)n1. The highest BCUT2D eigenvalue weighted by Gasteiger charge is 2.17. The Hall–Kier alpha value is -2.31. The summed E-state index contributed by atoms with van der Waals surface area (Å²) in [5, 5.41) is 8.60. The number of hydrogen-bond acceptors (Lipinski definition) is 4. The van der Waals surface area contributed by atoms with Gasteiger partial charge in [0, 0.05) is 26.8 Å². The molecule has 0 bridgehead atoms. The summed E-state index contributed by atoms with van der Waals surface area (Å²) in [6, 6.07) is 1.67. The van der Waals surface area contributed by atoms with Crippen molar-refractivity contribution in [3.05, 3.63) is 23.7 Å². The molecule has 0 fully saturated rings. The molecule has 0 aliphatic carbocycles. The number of carbonyl (C=O) groups is 1. The fourth-order valence-corrected chi connectivity index (χ4v) is 1.83. The van der Waals surface area contributed by atoms with E-state index >= 15 is 0 Å². The Balaban J connectivity index is 2.46. The first kappa shape index (κ1) is 13.1. The van der Waals surface area contributed by atoms with Gasteiger partial charge in [0.1, 0.15) is 0 Å². The Morgan fingerprint density at radius 3 is 2.68 bits per heavy atom. The zero-order valence-electron chi connectivity index (χ0n) is 11.6. The normalized spacial score (nSPS) is 10.7. The van der Waals surface area contributed by atoms with Crippen LogP contribution in [0.1, 0.15) is 23.1 Å². The van der Waals surface area contributed by atoms with Crippen LogP contribution in [0, 0.1) is 6.92 Å². The van der Waals surface area contributed by atoms with E-state index in [9.17, 15) is 4.79 Å². The lowest BCUT2D eigenvalue weighted by Crippen LogP contribution is -2.22. The third kappa shape index (κ3) is 2.18. The molecule has 1 amide bonds. The Labute approximate surface area is 111 Å². The molecular weight excluding hydrogens is 244 g/mol. The molecule has 0 saturated heterocycles. The lowest BCUT2D eigenvalue weighted by molar-refractivity contribution is 0.0821. The molecule has 0 saturated carbocycles. The Morgan fingerprint density at radius 1 is 1.42 bits per heavy atom. The van der Waals surface area contributed by atoms with Gasteiger partial charge < -0.3 is 10.6 Å². The van der Waals surface area contributed by atoms with Gasteiger partial charge in [-0.05, 0) is 19.9 Å². The van der Waals surface area contributed by atoms with Crippen LogP contribution in [0.3, 0.4) is 0 Å². The molecule has 2 N–H and O–H groups in total. The standard InChI is InChI=1S/C12H18N6O/c1-5-17-11(10(13)8(2)14-17)18-7-6-9(15-18)12(19)16(3)4/h6-7H,5,13H2,1-4H3. The smallest absolute Gasteiger partial charge is 0.273 e. The van der Waals surface area contributed by atoms with E-state index in [1.165, 1.54) is 4.90 Å². The molecule has 0 unspecified atom stereocenters. The highest BCUT2D eigenvalue weighted by Crippen LogP contribution is 2.20. The van der Waals surface area contributed by atoms with Gasteiger partial charge in [-0.15, -0.1) is 0 Å². The second kappa shape index (κ2) is 4.75. The lowest BCUT2D eigenvalue weighted by atomic mass is 10.4. The monoisotopic (exact) mass is 262 g/mol. The molecule has 7 heteroatoms. The molecule has 7 nitrogen and oxygen atoms in total. The van der Waals surface area contributed by atoms with Crippen LogP contribution in [0.25, 0.3) is 5.82 Å². The zero-order chi connectivity index (χ0) is 14.2. The first-order valence-electron chi connectivity index (χ1n) is 6.06. The van der Waals surface area contributed by atoms with Gasteiger partial charge in [-0.1, -0.05) is 0 Å². The predicted molar refractivity (Wildman–Crippen MR) is 72.2 cm³/mol. The minimum Gasteiger partial charge on any atom is -0.394 e. The molecule has 0 aliphatic heterocycles. The van der Waals surface area contributed by atoms with E-state index in [0.29, 0.717) is 23.7 Å². The number of anilines is 1. The van der Waals surface area contributed by atoms with E-state index in [1.807, 2.05) is 13.8 Å². The summed E-state index contributed by atoms with van der Waals surface area (Å²) >= 11 is 0. The van der Waals surface area contributed by atoms with Gasteiger partial charge in [0.15, 0.2) is 11.5 Å². The maximum atomic E-state index is 11.8. The highest BCUT2D eigenvalue weighted by atomic mass is 16.2. The van der Waals surface area contributed by atoms with Crippen LogP contribution in [0.4, 0.5) is 5.69 Å². The third-order valence-corrected chi connectivity index (χ3v) is 2.88. The summed E-state index contributed by atoms with van der Waals surface area (Å²) in [5.74, 6) is 0.550. The van der Waals surface area contributed by atoms with Gasteiger partial charge in [0.25, 0.3) is 5.91 Å². The summed E-state index contributed by atoms with van der Waals surface area (Å²) in [6.45, 7) is 4.51. The van der Waals surface area contributed by atoms with Crippen molar-refractivity contribution in [1.29, 1.82) is 0 Å². The first-order valence-corrected chi connectivity index (χ1v) is 6.06. The van der Waals surface area contributed by atoms with Crippen LogP contribution in [-0.4, -0.2) is 44.5 Å². The number of rotatable bonds is 3. The van der Waals surface area contributed by atoms with Gasteiger partial charge in [-0.25, -0.2) is 9.36 Å². The number of carbonyl (C=O) groups excluding carboxylic acids is 1. The van der Waals surface area contributed by atoms with Crippen molar-refractivity contribution in [3.63, 3.8) is 0 Å². The van der Waals surface area contributed by atoms with Crippen LogP contribution in [0.15, 0.2) is 12.3 Å². The van der Waals surface area contributed by atoms with Gasteiger partial charge in [-0.3, -0.25) is 4.79 Å². The maximum absolute atomic E-state index is 11.8.